The van der Waals surface area contributed by atoms with Crippen LogP contribution in [0.1, 0.15) is 6.92 Å². The van der Waals surface area contributed by atoms with E-state index in [4.69, 9.17) is 9.84 Å². The molecule has 0 aromatic heterocycles. The van der Waals surface area contributed by atoms with E-state index in [0.29, 0.717) is 6.61 Å². The van der Waals surface area contributed by atoms with E-state index in [1.807, 2.05) is 25.1 Å². The molecular formula is C11H16BrNO3. The van der Waals surface area contributed by atoms with E-state index in [1.54, 1.807) is 0 Å². The largest absolute Gasteiger partial charge is 0.492 e. The number of halogens is 1. The van der Waals surface area contributed by atoms with Crippen molar-refractivity contribution in [3.63, 3.8) is 0 Å². The predicted molar refractivity (Wildman–Crippen MR) is 66.9 cm³/mol. The molecule has 0 amide bonds. The standard InChI is InChI=1S/C11H16BrNO3/c1-2-16-11-4-3-8(12)5-10(11)13-6-9(15)7-14/h3-5,9,13-15H,2,6-7H2,1H3. The summed E-state index contributed by atoms with van der Waals surface area (Å²) in [5, 5.41) is 21.0. The number of benzene rings is 1. The number of hydrogen-bond acceptors (Lipinski definition) is 4. The van der Waals surface area contributed by atoms with Gasteiger partial charge >= 0.3 is 0 Å². The number of nitrogens with one attached hydrogen (secondary N) is 1. The molecule has 1 unspecified atom stereocenters. The third-order valence-electron chi connectivity index (χ3n) is 1.98. The minimum absolute atomic E-state index is 0.259. The average Bonchev–Trinajstić information content (AvgIpc) is 2.29. The van der Waals surface area contributed by atoms with Gasteiger partial charge in [0.1, 0.15) is 5.75 Å². The molecule has 1 aromatic carbocycles. The summed E-state index contributed by atoms with van der Waals surface area (Å²) in [6.45, 7) is 2.52. The van der Waals surface area contributed by atoms with Crippen LogP contribution in [0, 0.1) is 0 Å². The molecule has 4 nitrogen and oxygen atoms in total. The molecule has 0 spiro atoms. The average molecular weight is 290 g/mol. The van der Waals surface area contributed by atoms with Crippen molar-refractivity contribution in [1.29, 1.82) is 0 Å². The highest BCUT2D eigenvalue weighted by molar-refractivity contribution is 9.10. The Morgan fingerprint density at radius 2 is 2.25 bits per heavy atom. The third-order valence-corrected chi connectivity index (χ3v) is 2.47. The maximum absolute atomic E-state index is 9.24. The van der Waals surface area contributed by atoms with Crippen LogP contribution >= 0.6 is 15.9 Å². The molecular weight excluding hydrogens is 274 g/mol. The molecule has 0 fully saturated rings. The first kappa shape index (κ1) is 13.3. The van der Waals surface area contributed by atoms with E-state index < -0.39 is 6.10 Å². The zero-order chi connectivity index (χ0) is 12.0. The Kier molecular flexibility index (Phi) is 5.59. The molecule has 0 radical (unpaired) electrons. The normalized spacial score (nSPS) is 12.2. The molecule has 5 heteroatoms. The zero-order valence-corrected chi connectivity index (χ0v) is 10.7. The molecule has 16 heavy (non-hydrogen) atoms. The second kappa shape index (κ2) is 6.73. The maximum atomic E-state index is 9.24. The van der Waals surface area contributed by atoms with Crippen molar-refractivity contribution in [3.05, 3.63) is 22.7 Å². The van der Waals surface area contributed by atoms with Gasteiger partial charge in [0.05, 0.1) is 25.0 Å². The van der Waals surface area contributed by atoms with Gasteiger partial charge < -0.3 is 20.3 Å². The highest BCUT2D eigenvalue weighted by Crippen LogP contribution is 2.28. The van der Waals surface area contributed by atoms with Crippen LogP contribution in [0.5, 0.6) is 5.75 Å². The lowest BCUT2D eigenvalue weighted by Gasteiger charge is -2.14. The first-order valence-corrected chi connectivity index (χ1v) is 5.91. The molecule has 0 saturated heterocycles. The Hall–Kier alpha value is -0.780. The van der Waals surface area contributed by atoms with Gasteiger partial charge in [-0.05, 0) is 25.1 Å². The van der Waals surface area contributed by atoms with Crippen LogP contribution in [0.4, 0.5) is 5.69 Å². The Morgan fingerprint density at radius 1 is 1.50 bits per heavy atom. The number of aliphatic hydroxyl groups excluding tert-OH is 2. The summed E-state index contributed by atoms with van der Waals surface area (Å²) < 4.78 is 6.36. The van der Waals surface area contributed by atoms with Crippen molar-refractivity contribution >= 4 is 21.6 Å². The summed E-state index contributed by atoms with van der Waals surface area (Å²) in [6.07, 6.45) is -0.770. The highest BCUT2D eigenvalue weighted by Gasteiger charge is 2.06. The molecule has 90 valence electrons. The Balaban J connectivity index is 2.71. The predicted octanol–water partition coefficient (Wildman–Crippen LogP) is 1.61. The monoisotopic (exact) mass is 289 g/mol. The molecule has 0 aliphatic rings. The molecule has 0 heterocycles. The van der Waals surface area contributed by atoms with Gasteiger partial charge in [0, 0.05) is 11.0 Å². The first-order valence-electron chi connectivity index (χ1n) is 5.12. The van der Waals surface area contributed by atoms with Gasteiger partial charge in [0.2, 0.25) is 0 Å². The van der Waals surface area contributed by atoms with Crippen LogP contribution in [0.2, 0.25) is 0 Å². The van der Waals surface area contributed by atoms with Gasteiger partial charge in [-0.3, -0.25) is 0 Å². The van der Waals surface area contributed by atoms with Gasteiger partial charge in [-0.2, -0.15) is 0 Å². The number of ether oxygens (including phenoxy) is 1. The van der Waals surface area contributed by atoms with Crippen LogP contribution < -0.4 is 10.1 Å². The van der Waals surface area contributed by atoms with E-state index in [1.165, 1.54) is 0 Å². The molecule has 0 aliphatic carbocycles. The van der Waals surface area contributed by atoms with E-state index in [0.717, 1.165) is 15.9 Å². The number of anilines is 1. The van der Waals surface area contributed by atoms with Gasteiger partial charge in [0.15, 0.2) is 0 Å². The maximum Gasteiger partial charge on any atom is 0.142 e. The number of aliphatic hydroxyl groups is 2. The SMILES string of the molecule is CCOc1ccc(Br)cc1NCC(O)CO. The second-order valence-corrected chi connectivity index (χ2v) is 4.21. The van der Waals surface area contributed by atoms with Gasteiger partial charge in [0.25, 0.3) is 0 Å². The summed E-state index contributed by atoms with van der Waals surface area (Å²) in [5.41, 5.74) is 0.795. The number of hydrogen-bond donors (Lipinski definition) is 3. The van der Waals surface area contributed by atoms with Crippen molar-refractivity contribution < 1.29 is 14.9 Å². The first-order chi connectivity index (χ1) is 7.67. The van der Waals surface area contributed by atoms with Gasteiger partial charge in [-0.25, -0.2) is 0 Å². The van der Waals surface area contributed by atoms with E-state index in [2.05, 4.69) is 21.2 Å². The quantitative estimate of drug-likeness (QED) is 0.745. The minimum Gasteiger partial charge on any atom is -0.492 e. The lowest BCUT2D eigenvalue weighted by atomic mass is 10.2. The second-order valence-electron chi connectivity index (χ2n) is 3.29. The summed E-state index contributed by atoms with van der Waals surface area (Å²) in [7, 11) is 0. The van der Waals surface area contributed by atoms with E-state index in [-0.39, 0.29) is 13.2 Å². The fourth-order valence-electron chi connectivity index (χ4n) is 1.21. The molecule has 0 aliphatic heterocycles. The van der Waals surface area contributed by atoms with Crippen molar-refractivity contribution in [2.45, 2.75) is 13.0 Å². The smallest absolute Gasteiger partial charge is 0.142 e. The molecule has 0 bridgehead atoms. The molecule has 1 aromatic rings. The van der Waals surface area contributed by atoms with Crippen molar-refractivity contribution in [2.75, 3.05) is 25.1 Å². The van der Waals surface area contributed by atoms with Crippen LogP contribution in [0.15, 0.2) is 22.7 Å². The lowest BCUT2D eigenvalue weighted by Crippen LogP contribution is -2.23. The minimum atomic E-state index is -0.770. The van der Waals surface area contributed by atoms with Crippen molar-refractivity contribution in [1.82, 2.24) is 0 Å². The van der Waals surface area contributed by atoms with E-state index in [9.17, 15) is 5.11 Å². The lowest BCUT2D eigenvalue weighted by molar-refractivity contribution is 0.105. The van der Waals surface area contributed by atoms with Crippen LogP contribution in [0.25, 0.3) is 0 Å². The topological polar surface area (TPSA) is 61.7 Å². The molecule has 3 N–H and O–H groups in total. The van der Waals surface area contributed by atoms with Crippen molar-refractivity contribution in [3.8, 4) is 5.75 Å². The molecule has 1 atom stereocenters. The van der Waals surface area contributed by atoms with Gasteiger partial charge in [-0.1, -0.05) is 15.9 Å². The highest BCUT2D eigenvalue weighted by atomic mass is 79.9. The van der Waals surface area contributed by atoms with E-state index >= 15 is 0 Å². The number of rotatable bonds is 6. The fraction of sp³-hybridized carbons (Fsp3) is 0.455. The fourth-order valence-corrected chi connectivity index (χ4v) is 1.58. The Morgan fingerprint density at radius 3 is 2.88 bits per heavy atom. The van der Waals surface area contributed by atoms with Crippen LogP contribution in [0.3, 0.4) is 0 Å². The molecule has 0 saturated carbocycles. The van der Waals surface area contributed by atoms with Crippen molar-refractivity contribution in [2.24, 2.45) is 0 Å². The van der Waals surface area contributed by atoms with Crippen LogP contribution in [-0.2, 0) is 0 Å². The summed E-state index contributed by atoms with van der Waals surface area (Å²) in [4.78, 5) is 0. The third kappa shape index (κ3) is 4.00. The molecule has 1 rings (SSSR count). The Bertz CT molecular complexity index is 333. The summed E-state index contributed by atoms with van der Waals surface area (Å²) in [5.74, 6) is 0.732. The van der Waals surface area contributed by atoms with Gasteiger partial charge in [-0.15, -0.1) is 0 Å². The van der Waals surface area contributed by atoms with Crippen LogP contribution in [-0.4, -0.2) is 36.1 Å². The zero-order valence-electron chi connectivity index (χ0n) is 9.11. The summed E-state index contributed by atoms with van der Waals surface area (Å²) in [6, 6.07) is 5.61. The summed E-state index contributed by atoms with van der Waals surface area (Å²) >= 11 is 3.36. The Labute approximate surface area is 103 Å².